The van der Waals surface area contributed by atoms with Gasteiger partial charge in [-0.1, -0.05) is 31.9 Å². The van der Waals surface area contributed by atoms with E-state index in [4.69, 9.17) is 0 Å². The Morgan fingerprint density at radius 2 is 1.29 bits per heavy atom. The summed E-state index contributed by atoms with van der Waals surface area (Å²) in [4.78, 5) is 17.9. The second-order valence-electron chi connectivity index (χ2n) is 6.65. The van der Waals surface area contributed by atoms with Crippen LogP contribution >= 0.6 is 31.9 Å². The number of rotatable bonds is 8. The normalized spacial score (nSPS) is 11.6. The molecular weight excluding hydrogens is 486 g/mol. The van der Waals surface area contributed by atoms with E-state index in [-0.39, 0.29) is 0 Å². The first-order valence-electron chi connectivity index (χ1n) is 9.04. The largest absolute Gasteiger partial charge is 0.355 e. The third-order valence-electron chi connectivity index (χ3n) is 4.46. The number of hydrogen-bond donors (Lipinski definition) is 4. The summed E-state index contributed by atoms with van der Waals surface area (Å²) in [5, 5.41) is 6.70. The van der Waals surface area contributed by atoms with E-state index >= 15 is 0 Å². The van der Waals surface area contributed by atoms with Crippen LogP contribution in [0.5, 0.6) is 0 Å². The molecule has 7 nitrogen and oxygen atoms in total. The van der Waals surface area contributed by atoms with Crippen LogP contribution in [0.4, 0.5) is 11.9 Å². The first kappa shape index (κ1) is 19.2. The molecule has 2 heterocycles. The Morgan fingerprint density at radius 3 is 1.75 bits per heavy atom. The van der Waals surface area contributed by atoms with Gasteiger partial charge in [0.2, 0.25) is 11.9 Å². The molecule has 0 unspecified atom stereocenters. The Kier molecular flexibility index (Phi) is 5.84. The molecule has 0 aliphatic rings. The number of anilines is 2. The van der Waals surface area contributed by atoms with E-state index < -0.39 is 0 Å². The second kappa shape index (κ2) is 8.50. The summed E-state index contributed by atoms with van der Waals surface area (Å²) in [7, 11) is 2.11. The number of fused-ring (bicyclic) bond motifs is 2. The van der Waals surface area contributed by atoms with Crippen LogP contribution in [0.25, 0.3) is 22.1 Å². The third kappa shape index (κ3) is 4.65. The van der Waals surface area contributed by atoms with Crippen LogP contribution in [0, 0.1) is 0 Å². The minimum Gasteiger partial charge on any atom is -0.355 e. The number of hydrogen-bond acceptors (Lipinski definition) is 5. The molecular formula is C19H21Br2N7. The van der Waals surface area contributed by atoms with Crippen LogP contribution in [-0.4, -0.2) is 58.1 Å². The van der Waals surface area contributed by atoms with Gasteiger partial charge in [-0.25, -0.2) is 9.97 Å². The predicted octanol–water partition coefficient (Wildman–Crippen LogP) is 4.42. The zero-order valence-electron chi connectivity index (χ0n) is 15.4. The van der Waals surface area contributed by atoms with E-state index in [0.29, 0.717) is 0 Å². The van der Waals surface area contributed by atoms with Gasteiger partial charge in [0.1, 0.15) is 0 Å². The summed E-state index contributed by atoms with van der Waals surface area (Å²) in [6.07, 6.45) is 0. The fourth-order valence-corrected chi connectivity index (χ4v) is 3.70. The molecule has 0 bridgehead atoms. The van der Waals surface area contributed by atoms with Gasteiger partial charge >= 0.3 is 0 Å². The summed E-state index contributed by atoms with van der Waals surface area (Å²) in [6, 6.07) is 12.0. The first-order chi connectivity index (χ1) is 13.6. The minimum atomic E-state index is 0.799. The van der Waals surface area contributed by atoms with E-state index in [1.165, 1.54) is 0 Å². The van der Waals surface area contributed by atoms with Crippen molar-refractivity contribution in [1.82, 2.24) is 24.8 Å². The van der Waals surface area contributed by atoms with Crippen molar-refractivity contribution in [1.29, 1.82) is 0 Å². The van der Waals surface area contributed by atoms with Gasteiger partial charge in [-0.2, -0.15) is 0 Å². The van der Waals surface area contributed by atoms with Crippen molar-refractivity contribution in [3.8, 4) is 0 Å². The zero-order chi connectivity index (χ0) is 19.5. The number of nitrogens with zero attached hydrogens (tertiary/aromatic N) is 3. The van der Waals surface area contributed by atoms with Gasteiger partial charge in [-0.05, 0) is 43.4 Å². The maximum Gasteiger partial charge on any atom is 0.201 e. The van der Waals surface area contributed by atoms with Crippen LogP contribution in [0.1, 0.15) is 0 Å². The molecule has 4 N–H and O–H groups in total. The van der Waals surface area contributed by atoms with Crippen molar-refractivity contribution in [2.45, 2.75) is 0 Å². The third-order valence-corrected chi connectivity index (χ3v) is 5.45. The highest BCUT2D eigenvalue weighted by Crippen LogP contribution is 2.20. The Bertz CT molecular complexity index is 1000. The fourth-order valence-electron chi connectivity index (χ4n) is 2.97. The average Bonchev–Trinajstić information content (AvgIpc) is 3.24. The molecule has 0 saturated heterocycles. The van der Waals surface area contributed by atoms with Crippen LogP contribution in [0.15, 0.2) is 45.3 Å². The average molecular weight is 507 g/mol. The van der Waals surface area contributed by atoms with Crippen molar-refractivity contribution in [3.05, 3.63) is 45.3 Å². The SMILES string of the molecule is CN(CCNc1nc2ccc(Br)cc2[nH]1)CCNc1nc2ccc(Br)cc2[nH]1. The van der Waals surface area contributed by atoms with Gasteiger partial charge in [0.05, 0.1) is 22.1 Å². The Hall–Kier alpha value is -2.10. The van der Waals surface area contributed by atoms with Gasteiger partial charge < -0.3 is 25.5 Å². The number of halogens is 2. The molecule has 146 valence electrons. The lowest BCUT2D eigenvalue weighted by atomic mass is 10.3. The highest BCUT2D eigenvalue weighted by Gasteiger charge is 2.05. The van der Waals surface area contributed by atoms with E-state index in [9.17, 15) is 0 Å². The zero-order valence-corrected chi connectivity index (χ0v) is 18.6. The molecule has 0 aliphatic heterocycles. The van der Waals surface area contributed by atoms with Crippen molar-refractivity contribution in [2.24, 2.45) is 0 Å². The Morgan fingerprint density at radius 1 is 0.821 bits per heavy atom. The Balaban J connectivity index is 1.21. The molecule has 0 aliphatic carbocycles. The van der Waals surface area contributed by atoms with E-state index in [1.54, 1.807) is 0 Å². The lowest BCUT2D eigenvalue weighted by Crippen LogP contribution is -2.30. The van der Waals surface area contributed by atoms with Crippen molar-refractivity contribution in [2.75, 3.05) is 43.9 Å². The molecule has 0 radical (unpaired) electrons. The van der Waals surface area contributed by atoms with Gasteiger partial charge in [-0.3, -0.25) is 0 Å². The fraction of sp³-hybridized carbons (Fsp3) is 0.263. The maximum absolute atomic E-state index is 4.55. The van der Waals surface area contributed by atoms with Crippen LogP contribution < -0.4 is 10.6 Å². The molecule has 0 spiro atoms. The molecule has 0 saturated carbocycles. The highest BCUT2D eigenvalue weighted by molar-refractivity contribution is 9.10. The lowest BCUT2D eigenvalue weighted by molar-refractivity contribution is 0.360. The number of nitrogens with one attached hydrogen (secondary N) is 4. The number of H-pyrrole nitrogens is 2. The number of imidazole rings is 2. The lowest BCUT2D eigenvalue weighted by Gasteiger charge is -2.16. The topological polar surface area (TPSA) is 84.7 Å². The van der Waals surface area contributed by atoms with Gasteiger partial charge in [0.15, 0.2) is 0 Å². The molecule has 2 aromatic carbocycles. The molecule has 0 amide bonds. The van der Waals surface area contributed by atoms with Crippen LogP contribution in [-0.2, 0) is 0 Å². The standard InChI is InChI=1S/C19H21Br2N7/c1-28(8-6-22-18-24-14-4-2-12(20)10-16(14)26-18)9-7-23-19-25-15-5-3-13(21)11-17(15)27-19/h2-5,10-11H,6-9H2,1H3,(H2,22,24,26)(H2,23,25,27). The predicted molar refractivity (Wildman–Crippen MR) is 122 cm³/mol. The number of benzene rings is 2. The highest BCUT2D eigenvalue weighted by atomic mass is 79.9. The second-order valence-corrected chi connectivity index (χ2v) is 8.48. The summed E-state index contributed by atoms with van der Waals surface area (Å²) in [5.74, 6) is 1.60. The number of aromatic nitrogens is 4. The molecule has 0 fully saturated rings. The van der Waals surface area contributed by atoms with Gasteiger partial charge in [0.25, 0.3) is 0 Å². The van der Waals surface area contributed by atoms with Crippen molar-refractivity contribution < 1.29 is 0 Å². The van der Waals surface area contributed by atoms with Crippen LogP contribution in [0.3, 0.4) is 0 Å². The summed E-state index contributed by atoms with van der Waals surface area (Å²) in [6.45, 7) is 3.46. The van der Waals surface area contributed by atoms with Crippen molar-refractivity contribution >= 4 is 65.8 Å². The Labute approximate surface area is 179 Å². The quantitative estimate of drug-likeness (QED) is 0.284. The van der Waals surface area contributed by atoms with E-state index in [2.05, 4.69) is 74.4 Å². The molecule has 9 heteroatoms. The molecule has 4 aromatic rings. The summed E-state index contributed by atoms with van der Waals surface area (Å²) >= 11 is 6.96. The summed E-state index contributed by atoms with van der Waals surface area (Å²) < 4.78 is 2.08. The summed E-state index contributed by atoms with van der Waals surface area (Å²) in [5.41, 5.74) is 3.96. The molecule has 4 rings (SSSR count). The molecule has 2 aromatic heterocycles. The number of aromatic amines is 2. The van der Waals surface area contributed by atoms with Gasteiger partial charge in [0, 0.05) is 35.1 Å². The molecule has 0 atom stereocenters. The number of likely N-dealkylation sites (N-methyl/N-ethyl adjacent to an activating group) is 1. The monoisotopic (exact) mass is 505 g/mol. The first-order valence-corrected chi connectivity index (χ1v) is 10.6. The van der Waals surface area contributed by atoms with Gasteiger partial charge in [-0.15, -0.1) is 0 Å². The van der Waals surface area contributed by atoms with Crippen LogP contribution in [0.2, 0.25) is 0 Å². The van der Waals surface area contributed by atoms with Crippen molar-refractivity contribution in [3.63, 3.8) is 0 Å². The van der Waals surface area contributed by atoms with E-state index in [1.807, 2.05) is 36.4 Å². The van der Waals surface area contributed by atoms with E-state index in [0.717, 1.165) is 69.1 Å². The maximum atomic E-state index is 4.55. The molecule has 28 heavy (non-hydrogen) atoms. The smallest absolute Gasteiger partial charge is 0.201 e. The minimum absolute atomic E-state index is 0.799.